The van der Waals surface area contributed by atoms with Gasteiger partial charge in [-0.25, -0.2) is 0 Å². The molecule has 0 radical (unpaired) electrons. The van der Waals surface area contributed by atoms with E-state index in [2.05, 4.69) is 22.2 Å². The van der Waals surface area contributed by atoms with Crippen molar-refractivity contribution in [3.05, 3.63) is 17.5 Å². The molecule has 1 atom stereocenters. The van der Waals surface area contributed by atoms with E-state index in [9.17, 15) is 0 Å². The van der Waals surface area contributed by atoms with Gasteiger partial charge in [-0.3, -0.25) is 0 Å². The molecule has 1 unspecified atom stereocenters. The molecule has 2 saturated heterocycles. The molecule has 1 aromatic heterocycles. The predicted molar refractivity (Wildman–Crippen MR) is 76.3 cm³/mol. The highest BCUT2D eigenvalue weighted by atomic mass is 32.2. The summed E-state index contributed by atoms with van der Waals surface area (Å²) in [5, 5.41) is 7.52. The number of nitrogens with one attached hydrogen (secondary N) is 1. The second-order valence-electron chi connectivity index (χ2n) is 5.65. The van der Waals surface area contributed by atoms with Crippen LogP contribution in [0.2, 0.25) is 0 Å². The number of hydrogen-bond donors (Lipinski definition) is 1. The van der Waals surface area contributed by atoms with Gasteiger partial charge >= 0.3 is 0 Å². The third-order valence-electron chi connectivity index (χ3n) is 4.14. The lowest BCUT2D eigenvalue weighted by molar-refractivity contribution is -0.0934. The number of aryl methyl sites for hydroxylation is 1. The summed E-state index contributed by atoms with van der Waals surface area (Å²) in [7, 11) is 0. The quantitative estimate of drug-likeness (QED) is 0.923. The van der Waals surface area contributed by atoms with E-state index in [1.54, 1.807) is 0 Å². The molecule has 3 rings (SSSR count). The molecule has 5 heteroatoms. The summed E-state index contributed by atoms with van der Waals surface area (Å²) in [4.78, 5) is 0. The Morgan fingerprint density at radius 2 is 2.32 bits per heavy atom. The molecule has 2 aliphatic rings. The summed E-state index contributed by atoms with van der Waals surface area (Å²) in [5.74, 6) is 3.42. The Hall–Kier alpha value is -0.520. The van der Waals surface area contributed by atoms with Crippen molar-refractivity contribution < 1.29 is 9.26 Å². The highest BCUT2D eigenvalue weighted by Gasteiger charge is 2.38. The van der Waals surface area contributed by atoms with Gasteiger partial charge < -0.3 is 14.6 Å². The second-order valence-corrected chi connectivity index (χ2v) is 6.87. The van der Waals surface area contributed by atoms with Crippen molar-refractivity contribution in [1.82, 2.24) is 10.5 Å². The molecule has 4 nitrogen and oxygen atoms in total. The summed E-state index contributed by atoms with van der Waals surface area (Å²) in [6, 6.07) is 2.54. The molecule has 0 amide bonds. The van der Waals surface area contributed by atoms with Crippen LogP contribution < -0.4 is 5.32 Å². The Morgan fingerprint density at radius 1 is 1.47 bits per heavy atom. The Labute approximate surface area is 118 Å². The van der Waals surface area contributed by atoms with Gasteiger partial charge in [-0.1, -0.05) is 5.16 Å². The summed E-state index contributed by atoms with van der Waals surface area (Å²) >= 11 is 2.05. The zero-order chi connectivity index (χ0) is 13.1. The van der Waals surface area contributed by atoms with Crippen LogP contribution in [-0.2, 0) is 11.3 Å². The van der Waals surface area contributed by atoms with Crippen LogP contribution in [0.3, 0.4) is 0 Å². The fourth-order valence-electron chi connectivity index (χ4n) is 3.04. The number of aromatic nitrogens is 1. The fourth-order valence-corrected chi connectivity index (χ4v) is 4.28. The maximum Gasteiger partial charge on any atom is 0.150 e. The Balaban J connectivity index is 1.53. The molecular weight excluding hydrogens is 260 g/mol. The maximum absolute atomic E-state index is 6.10. The Bertz CT molecular complexity index is 410. The molecule has 0 aliphatic carbocycles. The van der Waals surface area contributed by atoms with E-state index in [0.717, 1.165) is 37.4 Å². The lowest BCUT2D eigenvalue weighted by Gasteiger charge is -2.43. The normalized spacial score (nSPS) is 26.7. The molecule has 1 aromatic rings. The number of thioether (sulfide) groups is 1. The van der Waals surface area contributed by atoms with Crippen molar-refractivity contribution in [3.8, 4) is 0 Å². The fraction of sp³-hybridized carbons (Fsp3) is 0.786. The highest BCUT2D eigenvalue weighted by Crippen LogP contribution is 2.37. The first-order valence-corrected chi connectivity index (χ1v) is 8.29. The van der Waals surface area contributed by atoms with Crippen molar-refractivity contribution in [2.24, 2.45) is 0 Å². The minimum atomic E-state index is 0.151. The maximum atomic E-state index is 6.10. The van der Waals surface area contributed by atoms with E-state index in [1.807, 2.05) is 13.0 Å². The number of hydrogen-bond acceptors (Lipinski definition) is 5. The van der Waals surface area contributed by atoms with Crippen molar-refractivity contribution in [2.45, 2.75) is 50.8 Å². The minimum Gasteiger partial charge on any atom is -0.375 e. The zero-order valence-electron chi connectivity index (χ0n) is 11.5. The lowest BCUT2D eigenvalue weighted by atomic mass is 9.85. The van der Waals surface area contributed by atoms with E-state index in [0.29, 0.717) is 6.04 Å². The Morgan fingerprint density at radius 3 is 3.05 bits per heavy atom. The van der Waals surface area contributed by atoms with E-state index in [1.165, 1.54) is 24.3 Å². The van der Waals surface area contributed by atoms with E-state index in [-0.39, 0.29) is 5.60 Å². The first-order valence-electron chi connectivity index (χ1n) is 7.13. The zero-order valence-corrected chi connectivity index (χ0v) is 12.3. The summed E-state index contributed by atoms with van der Waals surface area (Å²) in [6.45, 7) is 3.62. The lowest BCUT2D eigenvalue weighted by Crippen LogP contribution is -2.48. The van der Waals surface area contributed by atoms with Crippen LogP contribution in [0.5, 0.6) is 0 Å². The molecule has 0 bridgehead atoms. The van der Waals surface area contributed by atoms with Gasteiger partial charge in [0.1, 0.15) is 0 Å². The number of rotatable bonds is 3. The summed E-state index contributed by atoms with van der Waals surface area (Å²) in [6.07, 6.45) is 4.65. The molecule has 106 valence electrons. The van der Waals surface area contributed by atoms with E-state index >= 15 is 0 Å². The molecule has 0 aromatic carbocycles. The summed E-state index contributed by atoms with van der Waals surface area (Å²) < 4.78 is 11.3. The Kier molecular flexibility index (Phi) is 4.15. The third-order valence-corrected chi connectivity index (χ3v) is 5.12. The van der Waals surface area contributed by atoms with Crippen LogP contribution in [0.1, 0.15) is 37.1 Å². The molecule has 2 aliphatic heterocycles. The molecule has 1 spiro atoms. The molecule has 19 heavy (non-hydrogen) atoms. The number of ether oxygens (including phenoxy) is 1. The predicted octanol–water partition coefficient (Wildman–Crippen LogP) is 2.52. The minimum absolute atomic E-state index is 0.151. The standard InChI is InChI=1S/C14H22N2O2S/c1-11-8-13(18-16-11)10-15-12-2-5-17-14(9-12)3-6-19-7-4-14/h8,12,15H,2-7,9-10H2,1H3. The highest BCUT2D eigenvalue weighted by molar-refractivity contribution is 7.99. The average Bonchev–Trinajstić information content (AvgIpc) is 2.83. The van der Waals surface area contributed by atoms with Crippen LogP contribution in [0.25, 0.3) is 0 Å². The first kappa shape index (κ1) is 13.5. The smallest absolute Gasteiger partial charge is 0.150 e. The van der Waals surface area contributed by atoms with Crippen LogP contribution in [0, 0.1) is 6.92 Å². The SMILES string of the molecule is Cc1cc(CNC2CCOC3(CCSCC3)C2)on1. The topological polar surface area (TPSA) is 47.3 Å². The van der Waals surface area contributed by atoms with E-state index in [4.69, 9.17) is 9.26 Å². The molecule has 2 fully saturated rings. The monoisotopic (exact) mass is 282 g/mol. The van der Waals surface area contributed by atoms with Crippen LogP contribution in [-0.4, -0.2) is 34.9 Å². The van der Waals surface area contributed by atoms with Gasteiger partial charge in [0.15, 0.2) is 5.76 Å². The van der Waals surface area contributed by atoms with E-state index < -0.39 is 0 Å². The van der Waals surface area contributed by atoms with Crippen molar-refractivity contribution in [1.29, 1.82) is 0 Å². The largest absolute Gasteiger partial charge is 0.375 e. The van der Waals surface area contributed by atoms with Gasteiger partial charge in [-0.2, -0.15) is 11.8 Å². The third kappa shape index (κ3) is 3.33. The summed E-state index contributed by atoms with van der Waals surface area (Å²) in [5.41, 5.74) is 1.10. The number of nitrogens with zero attached hydrogens (tertiary/aromatic N) is 1. The first-order chi connectivity index (χ1) is 9.26. The van der Waals surface area contributed by atoms with Crippen molar-refractivity contribution >= 4 is 11.8 Å². The van der Waals surface area contributed by atoms with Gasteiger partial charge in [0.2, 0.25) is 0 Å². The molecular formula is C14H22N2O2S. The van der Waals surface area contributed by atoms with Crippen molar-refractivity contribution in [2.75, 3.05) is 18.1 Å². The van der Waals surface area contributed by atoms with Gasteiger partial charge in [0, 0.05) is 18.7 Å². The van der Waals surface area contributed by atoms with Gasteiger partial charge in [0.05, 0.1) is 17.8 Å². The molecule has 1 N–H and O–H groups in total. The van der Waals surface area contributed by atoms with Gasteiger partial charge in [-0.15, -0.1) is 0 Å². The average molecular weight is 282 g/mol. The van der Waals surface area contributed by atoms with Gasteiger partial charge in [-0.05, 0) is 44.1 Å². The van der Waals surface area contributed by atoms with Crippen LogP contribution in [0.15, 0.2) is 10.6 Å². The van der Waals surface area contributed by atoms with Gasteiger partial charge in [0.25, 0.3) is 0 Å². The van der Waals surface area contributed by atoms with Crippen molar-refractivity contribution in [3.63, 3.8) is 0 Å². The second kappa shape index (κ2) is 5.85. The molecule has 0 saturated carbocycles. The van der Waals surface area contributed by atoms with Crippen LogP contribution >= 0.6 is 11.8 Å². The van der Waals surface area contributed by atoms with Crippen LogP contribution in [0.4, 0.5) is 0 Å². The molecule has 3 heterocycles.